The average molecular weight is 282 g/mol. The molecule has 1 saturated carbocycles. The maximum atomic E-state index is 11.5. The van der Waals surface area contributed by atoms with Crippen molar-refractivity contribution in [2.45, 2.75) is 70.4 Å². The monoisotopic (exact) mass is 282 g/mol. The van der Waals surface area contributed by atoms with Crippen molar-refractivity contribution in [2.75, 3.05) is 6.54 Å². The number of hydrogen-bond donors (Lipinski definition) is 2. The third-order valence-electron chi connectivity index (χ3n) is 4.68. The second-order valence-corrected chi connectivity index (χ2v) is 6.22. The molecule has 1 aliphatic heterocycles. The topological polar surface area (TPSA) is 69.6 Å². The summed E-state index contributed by atoms with van der Waals surface area (Å²) in [6, 6.07) is -0.542. The second-order valence-electron chi connectivity index (χ2n) is 6.22. The molecule has 2 amide bonds. The van der Waals surface area contributed by atoms with E-state index < -0.39 is 12.1 Å². The Kier molecular flexibility index (Phi) is 5.26. The lowest BCUT2D eigenvalue weighted by atomic mass is 9.86. The van der Waals surface area contributed by atoms with Crippen LogP contribution in [-0.4, -0.2) is 40.6 Å². The Balaban J connectivity index is 1.70. The molecule has 114 valence electrons. The summed E-state index contributed by atoms with van der Waals surface area (Å²) in [5.74, 6) is 0.681. The van der Waals surface area contributed by atoms with Crippen LogP contribution in [-0.2, 0) is 4.79 Å². The molecular formula is C15H26N2O3. The van der Waals surface area contributed by atoms with Gasteiger partial charge in [-0.05, 0) is 19.3 Å². The van der Waals surface area contributed by atoms with Gasteiger partial charge in [0.25, 0.3) is 0 Å². The molecule has 2 aliphatic rings. The number of carboxylic acid groups (broad SMARTS) is 1. The molecule has 2 fully saturated rings. The fourth-order valence-corrected chi connectivity index (χ4v) is 3.48. The first kappa shape index (κ1) is 15.1. The minimum Gasteiger partial charge on any atom is -0.465 e. The second kappa shape index (κ2) is 6.95. The SMILES string of the molecule is C[C@H]1NC(=O)[C@H]1N(CCCCC1CCCCC1)C(=O)O. The molecular weight excluding hydrogens is 256 g/mol. The number of β-lactam (4-membered cyclic amide) rings is 1. The lowest BCUT2D eigenvalue weighted by Crippen LogP contribution is -2.68. The first-order valence-corrected chi connectivity index (χ1v) is 7.89. The summed E-state index contributed by atoms with van der Waals surface area (Å²) in [5.41, 5.74) is 0. The largest absolute Gasteiger partial charge is 0.465 e. The Labute approximate surface area is 120 Å². The van der Waals surface area contributed by atoms with E-state index >= 15 is 0 Å². The van der Waals surface area contributed by atoms with Crippen LogP contribution in [0.25, 0.3) is 0 Å². The smallest absolute Gasteiger partial charge is 0.408 e. The van der Waals surface area contributed by atoms with E-state index in [1.807, 2.05) is 6.92 Å². The predicted molar refractivity (Wildman–Crippen MR) is 76.5 cm³/mol. The van der Waals surface area contributed by atoms with Gasteiger partial charge in [-0.2, -0.15) is 0 Å². The summed E-state index contributed by atoms with van der Waals surface area (Å²) >= 11 is 0. The van der Waals surface area contributed by atoms with Crippen molar-refractivity contribution in [3.05, 3.63) is 0 Å². The summed E-state index contributed by atoms with van der Waals surface area (Å²) < 4.78 is 0. The van der Waals surface area contributed by atoms with Crippen LogP contribution in [0, 0.1) is 5.92 Å². The van der Waals surface area contributed by atoms with Crippen LogP contribution in [0.1, 0.15) is 58.3 Å². The number of unbranched alkanes of at least 4 members (excludes halogenated alkanes) is 1. The molecule has 0 aromatic rings. The van der Waals surface area contributed by atoms with Crippen molar-refractivity contribution in [3.8, 4) is 0 Å². The van der Waals surface area contributed by atoms with Gasteiger partial charge in [0.15, 0.2) is 0 Å². The van der Waals surface area contributed by atoms with E-state index in [-0.39, 0.29) is 11.9 Å². The minimum absolute atomic E-state index is 0.0584. The first-order valence-electron chi connectivity index (χ1n) is 7.89. The van der Waals surface area contributed by atoms with Crippen molar-refractivity contribution < 1.29 is 14.7 Å². The lowest BCUT2D eigenvalue weighted by Gasteiger charge is -2.40. The summed E-state index contributed by atoms with van der Waals surface area (Å²) in [4.78, 5) is 24.0. The molecule has 20 heavy (non-hydrogen) atoms. The minimum atomic E-state index is -0.977. The van der Waals surface area contributed by atoms with Gasteiger partial charge < -0.3 is 10.4 Å². The summed E-state index contributed by atoms with van der Waals surface area (Å²) in [5, 5.41) is 11.9. The molecule has 1 saturated heterocycles. The number of amides is 2. The molecule has 0 aromatic heterocycles. The van der Waals surface area contributed by atoms with Crippen molar-refractivity contribution in [2.24, 2.45) is 5.92 Å². The molecule has 1 aliphatic carbocycles. The zero-order valence-corrected chi connectivity index (χ0v) is 12.3. The molecule has 2 rings (SSSR count). The Morgan fingerprint density at radius 1 is 1.30 bits per heavy atom. The van der Waals surface area contributed by atoms with Crippen LogP contribution in [0.4, 0.5) is 4.79 Å². The zero-order chi connectivity index (χ0) is 14.5. The number of nitrogens with one attached hydrogen (secondary N) is 1. The van der Waals surface area contributed by atoms with Crippen LogP contribution in [0.15, 0.2) is 0 Å². The molecule has 2 atom stereocenters. The maximum Gasteiger partial charge on any atom is 0.408 e. The van der Waals surface area contributed by atoms with Crippen LogP contribution < -0.4 is 5.32 Å². The van der Waals surface area contributed by atoms with Gasteiger partial charge in [-0.1, -0.05) is 44.9 Å². The third kappa shape index (κ3) is 3.64. The van der Waals surface area contributed by atoms with Crippen LogP contribution in [0.3, 0.4) is 0 Å². The lowest BCUT2D eigenvalue weighted by molar-refractivity contribution is -0.135. The Morgan fingerprint density at radius 2 is 2.00 bits per heavy atom. The van der Waals surface area contributed by atoms with Gasteiger partial charge in [0.1, 0.15) is 6.04 Å². The van der Waals surface area contributed by atoms with Crippen molar-refractivity contribution in [1.82, 2.24) is 10.2 Å². The number of hydrogen-bond acceptors (Lipinski definition) is 2. The quantitative estimate of drug-likeness (QED) is 0.581. The molecule has 2 N–H and O–H groups in total. The molecule has 0 bridgehead atoms. The fourth-order valence-electron chi connectivity index (χ4n) is 3.48. The zero-order valence-electron chi connectivity index (χ0n) is 12.3. The Hall–Kier alpha value is -1.26. The highest BCUT2D eigenvalue weighted by molar-refractivity contribution is 5.91. The predicted octanol–water partition coefficient (Wildman–Crippen LogP) is 2.60. The van der Waals surface area contributed by atoms with E-state index in [9.17, 15) is 14.7 Å². The van der Waals surface area contributed by atoms with Crippen LogP contribution in [0.2, 0.25) is 0 Å². The molecule has 0 aromatic carbocycles. The highest BCUT2D eigenvalue weighted by atomic mass is 16.4. The van der Waals surface area contributed by atoms with Crippen LogP contribution >= 0.6 is 0 Å². The van der Waals surface area contributed by atoms with E-state index in [0.29, 0.717) is 6.54 Å². The van der Waals surface area contributed by atoms with Gasteiger partial charge in [-0.15, -0.1) is 0 Å². The molecule has 0 spiro atoms. The van der Waals surface area contributed by atoms with Crippen molar-refractivity contribution >= 4 is 12.0 Å². The normalized spacial score (nSPS) is 26.8. The van der Waals surface area contributed by atoms with Crippen molar-refractivity contribution in [1.29, 1.82) is 0 Å². The average Bonchev–Trinajstić information content (AvgIpc) is 2.43. The van der Waals surface area contributed by atoms with Gasteiger partial charge in [0.2, 0.25) is 5.91 Å². The first-order chi connectivity index (χ1) is 9.59. The Morgan fingerprint density at radius 3 is 2.55 bits per heavy atom. The molecule has 5 heteroatoms. The summed E-state index contributed by atoms with van der Waals surface area (Å²) in [6.45, 7) is 2.33. The summed E-state index contributed by atoms with van der Waals surface area (Å²) in [7, 11) is 0. The number of carbonyl (C=O) groups excluding carboxylic acids is 1. The molecule has 5 nitrogen and oxygen atoms in total. The highest BCUT2D eigenvalue weighted by Gasteiger charge is 2.42. The standard InChI is InChI=1S/C15H26N2O3/c1-11-13(14(18)16-11)17(15(19)20)10-6-5-9-12-7-3-2-4-8-12/h11-13H,2-10H2,1H3,(H,16,18)(H,19,20)/t11-,13+/m1/s1. The van der Waals surface area contributed by atoms with Gasteiger partial charge in [-0.25, -0.2) is 4.79 Å². The van der Waals surface area contributed by atoms with E-state index in [1.54, 1.807) is 0 Å². The fraction of sp³-hybridized carbons (Fsp3) is 0.867. The molecule has 0 unspecified atom stereocenters. The highest BCUT2D eigenvalue weighted by Crippen LogP contribution is 2.27. The molecule has 1 heterocycles. The molecule has 0 radical (unpaired) electrons. The maximum absolute atomic E-state index is 11.5. The number of nitrogens with zero attached hydrogens (tertiary/aromatic N) is 1. The number of rotatable bonds is 6. The van der Waals surface area contributed by atoms with Gasteiger partial charge in [0.05, 0.1) is 6.04 Å². The third-order valence-corrected chi connectivity index (χ3v) is 4.68. The van der Waals surface area contributed by atoms with Gasteiger partial charge in [0, 0.05) is 6.54 Å². The Bertz CT molecular complexity index is 353. The van der Waals surface area contributed by atoms with E-state index in [2.05, 4.69) is 5.32 Å². The van der Waals surface area contributed by atoms with Crippen LogP contribution in [0.5, 0.6) is 0 Å². The number of carbonyl (C=O) groups is 2. The van der Waals surface area contributed by atoms with Gasteiger partial charge in [-0.3, -0.25) is 9.69 Å². The van der Waals surface area contributed by atoms with E-state index in [1.165, 1.54) is 43.4 Å². The van der Waals surface area contributed by atoms with Crippen molar-refractivity contribution in [3.63, 3.8) is 0 Å². The summed E-state index contributed by atoms with van der Waals surface area (Å²) in [6.07, 6.45) is 8.91. The van der Waals surface area contributed by atoms with E-state index in [0.717, 1.165) is 18.8 Å². The van der Waals surface area contributed by atoms with Gasteiger partial charge >= 0.3 is 6.09 Å². The van der Waals surface area contributed by atoms with E-state index in [4.69, 9.17) is 0 Å².